The highest BCUT2D eigenvalue weighted by Gasteiger charge is 2.18. The van der Waals surface area contributed by atoms with Crippen molar-refractivity contribution in [3.63, 3.8) is 0 Å². The second kappa shape index (κ2) is 9.17. The summed E-state index contributed by atoms with van der Waals surface area (Å²) in [5, 5.41) is -0.715. The average molecular weight is 455 g/mol. The SMILES string of the molecule is C[C@@H](Cc1ccc(-c2cc(F)c(-c3cc(F)c(Cl)c(F)c3)c(F)c2)cc1)c1ccccc1. The van der Waals surface area contributed by atoms with Crippen LogP contribution in [-0.4, -0.2) is 0 Å². The maximum atomic E-state index is 14.8. The smallest absolute Gasteiger partial charge is 0.145 e. The van der Waals surface area contributed by atoms with Gasteiger partial charge in [-0.05, 0) is 64.4 Å². The van der Waals surface area contributed by atoms with Crippen molar-refractivity contribution in [1.82, 2.24) is 0 Å². The van der Waals surface area contributed by atoms with Gasteiger partial charge in [-0.2, -0.15) is 0 Å². The van der Waals surface area contributed by atoms with E-state index in [-0.39, 0.29) is 5.56 Å². The second-order valence-electron chi connectivity index (χ2n) is 7.78. The average Bonchev–Trinajstić information content (AvgIpc) is 2.78. The highest BCUT2D eigenvalue weighted by Crippen LogP contribution is 2.34. The topological polar surface area (TPSA) is 0 Å². The zero-order valence-corrected chi connectivity index (χ0v) is 17.9. The lowest BCUT2D eigenvalue weighted by Gasteiger charge is -2.13. The van der Waals surface area contributed by atoms with E-state index >= 15 is 0 Å². The van der Waals surface area contributed by atoms with E-state index in [9.17, 15) is 17.6 Å². The molecule has 0 radical (unpaired) electrons. The lowest BCUT2D eigenvalue weighted by Crippen LogP contribution is -1.98. The molecule has 162 valence electrons. The molecule has 0 spiro atoms. The highest BCUT2D eigenvalue weighted by atomic mass is 35.5. The first-order valence-corrected chi connectivity index (χ1v) is 10.5. The van der Waals surface area contributed by atoms with Crippen LogP contribution in [0.25, 0.3) is 22.3 Å². The summed E-state index contributed by atoms with van der Waals surface area (Å²) < 4.78 is 57.0. The molecule has 4 rings (SSSR count). The third kappa shape index (κ3) is 4.56. The number of rotatable bonds is 5. The molecule has 1 atom stereocenters. The molecule has 0 aliphatic rings. The Morgan fingerprint density at radius 3 is 1.75 bits per heavy atom. The molecule has 0 aromatic heterocycles. The zero-order valence-electron chi connectivity index (χ0n) is 17.2. The Morgan fingerprint density at radius 1 is 0.656 bits per heavy atom. The zero-order chi connectivity index (χ0) is 22.8. The molecule has 0 nitrogen and oxygen atoms in total. The molecular formula is C27H19ClF4. The van der Waals surface area contributed by atoms with E-state index in [1.807, 2.05) is 42.5 Å². The van der Waals surface area contributed by atoms with E-state index in [1.54, 1.807) is 0 Å². The molecule has 0 N–H and O–H groups in total. The number of benzene rings is 4. The van der Waals surface area contributed by atoms with Gasteiger partial charge in [0, 0.05) is 0 Å². The van der Waals surface area contributed by atoms with Gasteiger partial charge in [-0.25, -0.2) is 17.6 Å². The van der Waals surface area contributed by atoms with Crippen LogP contribution in [0.1, 0.15) is 24.0 Å². The van der Waals surface area contributed by atoms with Gasteiger partial charge in [0.05, 0.1) is 5.56 Å². The van der Waals surface area contributed by atoms with E-state index in [4.69, 9.17) is 11.6 Å². The van der Waals surface area contributed by atoms with Gasteiger partial charge in [0.1, 0.15) is 28.3 Å². The monoisotopic (exact) mass is 454 g/mol. The first kappa shape index (κ1) is 22.1. The first-order valence-electron chi connectivity index (χ1n) is 10.1. The fourth-order valence-electron chi connectivity index (χ4n) is 3.80. The largest absolute Gasteiger partial charge is 0.206 e. The van der Waals surface area contributed by atoms with Crippen LogP contribution in [0.5, 0.6) is 0 Å². The minimum absolute atomic E-state index is 0.254. The maximum Gasteiger partial charge on any atom is 0.145 e. The normalized spacial score (nSPS) is 12.1. The number of hydrogen-bond acceptors (Lipinski definition) is 0. The molecular weight excluding hydrogens is 436 g/mol. The summed E-state index contributed by atoms with van der Waals surface area (Å²) in [6, 6.07) is 21.6. The minimum atomic E-state index is -1.08. The van der Waals surface area contributed by atoms with Crippen molar-refractivity contribution in [2.75, 3.05) is 0 Å². The lowest BCUT2D eigenvalue weighted by molar-refractivity contribution is 0.579. The molecule has 0 bridgehead atoms. The standard InChI is InChI=1S/C27H19ClF4/c1-16(18-5-3-2-4-6-18)11-17-7-9-19(10-8-17)20-12-22(29)26(23(30)13-20)21-14-24(31)27(28)25(32)15-21/h2-10,12-16H,11H2,1H3/t16-/m0/s1. The Bertz CT molecular complexity index is 1200. The van der Waals surface area contributed by atoms with E-state index in [1.165, 1.54) is 5.56 Å². The minimum Gasteiger partial charge on any atom is -0.206 e. The molecule has 0 amide bonds. The third-order valence-corrected chi connectivity index (χ3v) is 5.87. The Morgan fingerprint density at radius 2 is 1.19 bits per heavy atom. The molecule has 4 aromatic carbocycles. The van der Waals surface area contributed by atoms with Crippen molar-refractivity contribution < 1.29 is 17.6 Å². The van der Waals surface area contributed by atoms with E-state index in [0.717, 1.165) is 36.2 Å². The Labute approximate surface area is 189 Å². The van der Waals surface area contributed by atoms with Crippen LogP contribution in [0.2, 0.25) is 5.02 Å². The summed E-state index contributed by atoms with van der Waals surface area (Å²) in [7, 11) is 0. The summed E-state index contributed by atoms with van der Waals surface area (Å²) in [5.74, 6) is -3.66. The number of hydrogen-bond donors (Lipinski definition) is 0. The van der Waals surface area contributed by atoms with Crippen LogP contribution in [0, 0.1) is 23.3 Å². The summed E-state index contributed by atoms with van der Waals surface area (Å²) >= 11 is 5.46. The van der Waals surface area contributed by atoms with Crippen LogP contribution in [-0.2, 0) is 6.42 Å². The summed E-state index contributed by atoms with van der Waals surface area (Å²) in [6.07, 6.45) is 0.833. The Kier molecular flexibility index (Phi) is 6.33. The van der Waals surface area contributed by atoms with Crippen molar-refractivity contribution in [3.05, 3.63) is 118 Å². The highest BCUT2D eigenvalue weighted by molar-refractivity contribution is 6.31. The number of halogens is 5. The van der Waals surface area contributed by atoms with Gasteiger partial charge in [0.2, 0.25) is 0 Å². The molecule has 0 saturated heterocycles. The van der Waals surface area contributed by atoms with Gasteiger partial charge >= 0.3 is 0 Å². The van der Waals surface area contributed by atoms with Crippen LogP contribution in [0.15, 0.2) is 78.9 Å². The molecule has 0 unspecified atom stereocenters. The van der Waals surface area contributed by atoms with Crippen LogP contribution >= 0.6 is 11.6 Å². The van der Waals surface area contributed by atoms with Crippen LogP contribution < -0.4 is 0 Å². The first-order chi connectivity index (χ1) is 15.3. The van der Waals surface area contributed by atoms with Gasteiger partial charge in [0.25, 0.3) is 0 Å². The quantitative estimate of drug-likeness (QED) is 0.209. The van der Waals surface area contributed by atoms with Gasteiger partial charge in [-0.15, -0.1) is 0 Å². The molecule has 5 heteroatoms. The molecule has 0 heterocycles. The van der Waals surface area contributed by atoms with Crippen molar-refractivity contribution in [2.45, 2.75) is 19.3 Å². The molecule has 32 heavy (non-hydrogen) atoms. The lowest BCUT2D eigenvalue weighted by atomic mass is 9.92. The summed E-state index contributed by atoms with van der Waals surface area (Å²) in [4.78, 5) is 0. The van der Waals surface area contributed by atoms with Crippen molar-refractivity contribution in [3.8, 4) is 22.3 Å². The van der Waals surface area contributed by atoms with Crippen LogP contribution in [0.4, 0.5) is 17.6 Å². The van der Waals surface area contributed by atoms with Gasteiger partial charge in [-0.1, -0.05) is 73.1 Å². The predicted molar refractivity (Wildman–Crippen MR) is 121 cm³/mol. The summed E-state index contributed by atoms with van der Waals surface area (Å²) in [6.45, 7) is 2.15. The van der Waals surface area contributed by atoms with E-state index < -0.39 is 33.9 Å². The van der Waals surface area contributed by atoms with Gasteiger partial charge in [-0.3, -0.25) is 0 Å². The van der Waals surface area contributed by atoms with Gasteiger partial charge < -0.3 is 0 Å². The molecule has 0 aliphatic carbocycles. The molecule has 4 aromatic rings. The molecule has 0 aliphatic heterocycles. The fraction of sp³-hybridized carbons (Fsp3) is 0.111. The fourth-order valence-corrected chi connectivity index (χ4v) is 3.91. The second-order valence-corrected chi connectivity index (χ2v) is 8.16. The summed E-state index contributed by atoms with van der Waals surface area (Å²) in [5.41, 5.74) is 2.56. The molecule has 0 saturated carbocycles. The van der Waals surface area contributed by atoms with Crippen molar-refractivity contribution >= 4 is 11.6 Å². The van der Waals surface area contributed by atoms with Gasteiger partial charge in [0.15, 0.2) is 0 Å². The van der Waals surface area contributed by atoms with Crippen molar-refractivity contribution in [2.24, 2.45) is 0 Å². The molecule has 0 fully saturated rings. The van der Waals surface area contributed by atoms with E-state index in [2.05, 4.69) is 19.1 Å². The third-order valence-electron chi connectivity index (χ3n) is 5.51. The predicted octanol–water partition coefficient (Wildman–Crippen LogP) is 8.58. The maximum absolute atomic E-state index is 14.8. The Balaban J connectivity index is 1.59. The van der Waals surface area contributed by atoms with Crippen LogP contribution in [0.3, 0.4) is 0 Å². The van der Waals surface area contributed by atoms with Crippen molar-refractivity contribution in [1.29, 1.82) is 0 Å². The Hall–Kier alpha value is -3.11. The van der Waals surface area contributed by atoms with E-state index in [0.29, 0.717) is 17.0 Å².